The van der Waals surface area contributed by atoms with Gasteiger partial charge in [0.15, 0.2) is 0 Å². The molecule has 1 unspecified atom stereocenters. The van der Waals surface area contributed by atoms with Crippen molar-refractivity contribution in [2.45, 2.75) is 26.4 Å². The van der Waals surface area contributed by atoms with Crippen molar-refractivity contribution in [3.8, 4) is 0 Å². The molecule has 0 aliphatic heterocycles. The number of amidine groups is 1. The summed E-state index contributed by atoms with van der Waals surface area (Å²) in [5, 5.41) is 6.90. The fourth-order valence-electron chi connectivity index (χ4n) is 0.653. The molecule has 1 atom stereocenters. The molecule has 0 rings (SSSR count). The smallest absolute Gasteiger partial charge is 0.0931 e. The van der Waals surface area contributed by atoms with Crippen molar-refractivity contribution in [1.29, 1.82) is 5.41 Å². The van der Waals surface area contributed by atoms with Gasteiger partial charge in [0.2, 0.25) is 0 Å². The second-order valence-electron chi connectivity index (χ2n) is 2.00. The molecule has 0 aliphatic carbocycles. The third-order valence-corrected chi connectivity index (χ3v) is 0.959. The highest BCUT2D eigenvalue weighted by molar-refractivity contribution is 5.77. The van der Waals surface area contributed by atoms with Gasteiger partial charge < -0.3 is 10.5 Å². The van der Waals surface area contributed by atoms with E-state index in [0.29, 0.717) is 13.0 Å². The third-order valence-electron chi connectivity index (χ3n) is 0.959. The monoisotopic (exact) mass is 130 g/mol. The van der Waals surface area contributed by atoms with Crippen LogP contribution >= 0.6 is 0 Å². The second-order valence-corrected chi connectivity index (χ2v) is 2.00. The first-order valence-electron chi connectivity index (χ1n) is 3.11. The van der Waals surface area contributed by atoms with Crippen molar-refractivity contribution >= 4 is 5.84 Å². The fourth-order valence-corrected chi connectivity index (χ4v) is 0.653. The Morgan fingerprint density at radius 3 is 2.67 bits per heavy atom. The maximum absolute atomic E-state index is 6.90. The van der Waals surface area contributed by atoms with E-state index in [1.807, 2.05) is 13.8 Å². The van der Waals surface area contributed by atoms with E-state index in [-0.39, 0.29) is 11.9 Å². The lowest BCUT2D eigenvalue weighted by Crippen LogP contribution is -2.19. The molecule has 54 valence electrons. The van der Waals surface area contributed by atoms with E-state index >= 15 is 0 Å². The Bertz CT molecular complexity index is 93.1. The molecule has 0 saturated carbocycles. The van der Waals surface area contributed by atoms with Gasteiger partial charge in [0.05, 0.1) is 11.9 Å². The van der Waals surface area contributed by atoms with Crippen LogP contribution < -0.4 is 5.73 Å². The largest absolute Gasteiger partial charge is 0.388 e. The number of hydrogen-bond acceptors (Lipinski definition) is 2. The topological polar surface area (TPSA) is 59.1 Å². The molecule has 9 heavy (non-hydrogen) atoms. The summed E-state index contributed by atoms with van der Waals surface area (Å²) in [7, 11) is 0. The molecule has 0 fully saturated rings. The minimum absolute atomic E-state index is 0.0903. The average Bonchev–Trinajstić information content (AvgIpc) is 1.63. The molecule has 0 aromatic rings. The molecule has 0 bridgehead atoms. The van der Waals surface area contributed by atoms with Crippen molar-refractivity contribution < 1.29 is 4.74 Å². The SMILES string of the molecule is CCOC(C)CC(=N)N. The molecule has 0 saturated heterocycles. The highest BCUT2D eigenvalue weighted by atomic mass is 16.5. The third kappa shape index (κ3) is 5.30. The predicted molar refractivity (Wildman–Crippen MR) is 37.6 cm³/mol. The Labute approximate surface area is 55.7 Å². The summed E-state index contributed by atoms with van der Waals surface area (Å²) in [5.41, 5.74) is 5.13. The molecule has 0 aromatic carbocycles. The zero-order chi connectivity index (χ0) is 7.28. The zero-order valence-corrected chi connectivity index (χ0v) is 5.98. The van der Waals surface area contributed by atoms with Crippen LogP contribution in [0.25, 0.3) is 0 Å². The Balaban J connectivity index is 3.26. The number of hydrogen-bond donors (Lipinski definition) is 2. The van der Waals surface area contributed by atoms with Crippen LogP contribution in [0.15, 0.2) is 0 Å². The molecule has 0 heterocycles. The molecule has 3 nitrogen and oxygen atoms in total. The Kier molecular flexibility index (Phi) is 4.05. The first-order valence-corrected chi connectivity index (χ1v) is 3.11. The Morgan fingerprint density at radius 1 is 1.78 bits per heavy atom. The van der Waals surface area contributed by atoms with Crippen LogP contribution in [-0.2, 0) is 4.74 Å². The van der Waals surface area contributed by atoms with E-state index in [0.717, 1.165) is 0 Å². The van der Waals surface area contributed by atoms with Gasteiger partial charge in [0.1, 0.15) is 0 Å². The van der Waals surface area contributed by atoms with Gasteiger partial charge in [-0.1, -0.05) is 0 Å². The van der Waals surface area contributed by atoms with Gasteiger partial charge in [0.25, 0.3) is 0 Å². The lowest BCUT2D eigenvalue weighted by Gasteiger charge is -2.08. The minimum Gasteiger partial charge on any atom is -0.388 e. The first-order chi connectivity index (χ1) is 4.16. The van der Waals surface area contributed by atoms with Crippen molar-refractivity contribution in [3.63, 3.8) is 0 Å². The summed E-state index contributed by atoms with van der Waals surface area (Å²) < 4.78 is 5.13. The summed E-state index contributed by atoms with van der Waals surface area (Å²) in [4.78, 5) is 0. The molecular formula is C6H14N2O. The minimum atomic E-state index is 0.0903. The van der Waals surface area contributed by atoms with Gasteiger partial charge in [-0.05, 0) is 13.8 Å². The van der Waals surface area contributed by atoms with Gasteiger partial charge in [-0.3, -0.25) is 5.41 Å². The second kappa shape index (κ2) is 4.32. The number of ether oxygens (including phenoxy) is 1. The first kappa shape index (κ1) is 8.43. The summed E-state index contributed by atoms with van der Waals surface area (Å²) in [6.07, 6.45) is 0.626. The predicted octanol–water partition coefficient (Wildman–Crippen LogP) is 0.737. The molecule has 0 aromatic heterocycles. The van der Waals surface area contributed by atoms with Gasteiger partial charge in [-0.15, -0.1) is 0 Å². The van der Waals surface area contributed by atoms with Crippen LogP contribution in [0.2, 0.25) is 0 Å². The standard InChI is InChI=1S/C6H14N2O/c1-3-9-5(2)4-6(7)8/h5H,3-4H2,1-2H3,(H3,7,8). The molecule has 0 radical (unpaired) electrons. The number of rotatable bonds is 4. The van der Waals surface area contributed by atoms with Crippen molar-refractivity contribution in [2.75, 3.05) is 6.61 Å². The molecule has 0 aliphatic rings. The maximum Gasteiger partial charge on any atom is 0.0931 e. The molecule has 0 spiro atoms. The number of nitrogens with two attached hydrogens (primary N) is 1. The van der Waals surface area contributed by atoms with Gasteiger partial charge in [-0.25, -0.2) is 0 Å². The average molecular weight is 130 g/mol. The van der Waals surface area contributed by atoms with Crippen LogP contribution in [0.4, 0.5) is 0 Å². The zero-order valence-electron chi connectivity index (χ0n) is 5.98. The molecular weight excluding hydrogens is 116 g/mol. The molecule has 3 N–H and O–H groups in total. The van der Waals surface area contributed by atoms with E-state index in [1.165, 1.54) is 0 Å². The van der Waals surface area contributed by atoms with Crippen molar-refractivity contribution in [3.05, 3.63) is 0 Å². The van der Waals surface area contributed by atoms with Crippen LogP contribution in [0.5, 0.6) is 0 Å². The summed E-state index contributed by atoms with van der Waals surface area (Å²) in [6, 6.07) is 0. The fraction of sp³-hybridized carbons (Fsp3) is 0.833. The van der Waals surface area contributed by atoms with Crippen LogP contribution in [0.1, 0.15) is 20.3 Å². The van der Waals surface area contributed by atoms with Gasteiger partial charge >= 0.3 is 0 Å². The van der Waals surface area contributed by atoms with E-state index < -0.39 is 0 Å². The quantitative estimate of drug-likeness (QED) is 0.435. The highest BCUT2D eigenvalue weighted by Crippen LogP contribution is 1.94. The number of nitrogens with one attached hydrogen (secondary N) is 1. The summed E-state index contributed by atoms with van der Waals surface area (Å²) >= 11 is 0. The van der Waals surface area contributed by atoms with Gasteiger partial charge in [-0.2, -0.15) is 0 Å². The summed E-state index contributed by atoms with van der Waals surface area (Å²) in [5.74, 6) is 0.191. The van der Waals surface area contributed by atoms with E-state index in [9.17, 15) is 0 Å². The van der Waals surface area contributed by atoms with Crippen molar-refractivity contribution in [2.24, 2.45) is 5.73 Å². The van der Waals surface area contributed by atoms with Crippen LogP contribution in [-0.4, -0.2) is 18.5 Å². The molecule has 3 heteroatoms. The highest BCUT2D eigenvalue weighted by Gasteiger charge is 2.00. The van der Waals surface area contributed by atoms with Gasteiger partial charge in [0, 0.05) is 13.0 Å². The van der Waals surface area contributed by atoms with Crippen molar-refractivity contribution in [1.82, 2.24) is 0 Å². The lowest BCUT2D eigenvalue weighted by molar-refractivity contribution is 0.0814. The van der Waals surface area contributed by atoms with Crippen LogP contribution in [0, 0.1) is 5.41 Å². The van der Waals surface area contributed by atoms with E-state index in [4.69, 9.17) is 15.9 Å². The summed E-state index contributed by atoms with van der Waals surface area (Å²) in [6.45, 7) is 4.52. The maximum atomic E-state index is 6.90. The van der Waals surface area contributed by atoms with E-state index in [1.54, 1.807) is 0 Å². The van der Waals surface area contributed by atoms with Crippen LogP contribution in [0.3, 0.4) is 0 Å². The Morgan fingerprint density at radius 2 is 2.33 bits per heavy atom. The lowest BCUT2D eigenvalue weighted by atomic mass is 10.3. The normalized spacial score (nSPS) is 13.1. The Hall–Kier alpha value is -0.570. The van der Waals surface area contributed by atoms with E-state index in [2.05, 4.69) is 0 Å². The molecule has 0 amide bonds.